The van der Waals surface area contributed by atoms with E-state index in [4.69, 9.17) is 4.74 Å². The zero-order valence-electron chi connectivity index (χ0n) is 20.7. The van der Waals surface area contributed by atoms with Crippen LogP contribution in [-0.2, 0) is 12.7 Å². The lowest BCUT2D eigenvalue weighted by molar-refractivity contribution is -0.139. The van der Waals surface area contributed by atoms with Gasteiger partial charge in [-0.25, -0.2) is 4.98 Å². The molecular weight excluding hydrogens is 487 g/mol. The molecule has 5 rings (SSSR count). The largest absolute Gasteiger partial charge is 0.493 e. The second-order valence-electron chi connectivity index (χ2n) is 10.2. The number of aliphatic hydroxyl groups excluding tert-OH is 1. The van der Waals surface area contributed by atoms with Gasteiger partial charge in [0.25, 0.3) is 5.91 Å². The van der Waals surface area contributed by atoms with Crippen LogP contribution in [0.25, 0.3) is 0 Å². The summed E-state index contributed by atoms with van der Waals surface area (Å²) < 4.78 is 46.0. The van der Waals surface area contributed by atoms with Crippen molar-refractivity contribution in [3.05, 3.63) is 41.1 Å². The highest BCUT2D eigenvalue weighted by Crippen LogP contribution is 2.45. The number of alkyl halides is 3. The van der Waals surface area contributed by atoms with Crippen LogP contribution in [0.4, 0.5) is 24.9 Å². The second-order valence-corrected chi connectivity index (χ2v) is 10.2. The van der Waals surface area contributed by atoms with Crippen molar-refractivity contribution in [3.63, 3.8) is 0 Å². The maximum absolute atomic E-state index is 13.6. The lowest BCUT2D eigenvalue weighted by atomic mass is 9.93. The van der Waals surface area contributed by atoms with Crippen molar-refractivity contribution in [1.82, 2.24) is 15.3 Å². The van der Waals surface area contributed by atoms with Crippen molar-refractivity contribution >= 4 is 17.7 Å². The van der Waals surface area contributed by atoms with E-state index in [-0.39, 0.29) is 48.3 Å². The number of amides is 1. The number of benzene rings is 1. The molecule has 1 aliphatic heterocycles. The Morgan fingerprint density at radius 2 is 1.92 bits per heavy atom. The molecule has 2 atom stereocenters. The summed E-state index contributed by atoms with van der Waals surface area (Å²) in [6.45, 7) is 3.53. The van der Waals surface area contributed by atoms with Crippen LogP contribution in [0.5, 0.6) is 5.75 Å². The Bertz CT molecular complexity index is 1130. The van der Waals surface area contributed by atoms with Gasteiger partial charge >= 0.3 is 6.18 Å². The number of rotatable bonds is 8. The molecule has 2 unspecified atom stereocenters. The van der Waals surface area contributed by atoms with Crippen LogP contribution >= 0.6 is 0 Å². The van der Waals surface area contributed by atoms with Gasteiger partial charge in [-0.2, -0.15) is 18.2 Å². The van der Waals surface area contributed by atoms with Gasteiger partial charge in [0.05, 0.1) is 18.3 Å². The van der Waals surface area contributed by atoms with Gasteiger partial charge < -0.3 is 25.4 Å². The van der Waals surface area contributed by atoms with Crippen molar-refractivity contribution in [2.75, 3.05) is 29.9 Å². The molecule has 8 nitrogen and oxygen atoms in total. The SMILES string of the molecule is CCOc1ccc(CNc2nc(N3CC4CC4C3)ncc2C(=O)NC2CCC(O)CC2)cc1C(F)(F)F. The summed E-state index contributed by atoms with van der Waals surface area (Å²) >= 11 is 0. The Kier molecular flexibility index (Phi) is 7.15. The van der Waals surface area contributed by atoms with E-state index in [1.165, 1.54) is 18.7 Å². The normalized spacial score (nSPS) is 24.9. The molecule has 200 valence electrons. The van der Waals surface area contributed by atoms with Crippen LogP contribution in [0.3, 0.4) is 0 Å². The zero-order chi connectivity index (χ0) is 26.2. The molecule has 0 radical (unpaired) electrons. The Balaban J connectivity index is 1.36. The Morgan fingerprint density at radius 3 is 2.59 bits per heavy atom. The number of ether oxygens (including phenoxy) is 1. The third kappa shape index (κ3) is 5.92. The molecule has 2 aliphatic carbocycles. The van der Waals surface area contributed by atoms with Gasteiger partial charge in [0.15, 0.2) is 0 Å². The highest BCUT2D eigenvalue weighted by Gasteiger charge is 2.46. The van der Waals surface area contributed by atoms with Gasteiger partial charge in [0.2, 0.25) is 5.95 Å². The predicted octanol–water partition coefficient (Wildman–Crippen LogP) is 4.00. The minimum Gasteiger partial charge on any atom is -0.493 e. The fraction of sp³-hybridized carbons (Fsp3) is 0.577. The summed E-state index contributed by atoms with van der Waals surface area (Å²) in [5.41, 5.74) is -0.224. The molecular formula is C26H32F3N5O3. The molecule has 3 fully saturated rings. The van der Waals surface area contributed by atoms with Crippen LogP contribution < -0.4 is 20.3 Å². The number of aromatic nitrogens is 2. The number of hydrogen-bond donors (Lipinski definition) is 3. The maximum Gasteiger partial charge on any atom is 0.419 e. The van der Waals surface area contributed by atoms with E-state index in [0.717, 1.165) is 19.2 Å². The Labute approximate surface area is 213 Å². The summed E-state index contributed by atoms with van der Waals surface area (Å²) in [6.07, 6.45) is 0.422. The highest BCUT2D eigenvalue weighted by atomic mass is 19.4. The van der Waals surface area contributed by atoms with Gasteiger partial charge in [-0.1, -0.05) is 6.07 Å². The van der Waals surface area contributed by atoms with E-state index in [1.54, 1.807) is 13.0 Å². The van der Waals surface area contributed by atoms with Crippen LogP contribution in [0.2, 0.25) is 0 Å². The number of fused-ring (bicyclic) bond motifs is 1. The first kappa shape index (κ1) is 25.6. The van der Waals surface area contributed by atoms with Gasteiger partial charge in [-0.15, -0.1) is 0 Å². The maximum atomic E-state index is 13.6. The van der Waals surface area contributed by atoms with E-state index in [9.17, 15) is 23.1 Å². The molecule has 1 saturated heterocycles. The summed E-state index contributed by atoms with van der Waals surface area (Å²) in [5, 5.41) is 15.8. The van der Waals surface area contributed by atoms with Crippen LogP contribution in [0, 0.1) is 11.8 Å². The summed E-state index contributed by atoms with van der Waals surface area (Å²) in [5.74, 6) is 1.55. The molecule has 1 amide bonds. The fourth-order valence-corrected chi connectivity index (χ4v) is 5.25. The topological polar surface area (TPSA) is 99.6 Å². The molecule has 1 aromatic carbocycles. The van der Waals surface area contributed by atoms with Gasteiger partial charge in [-0.3, -0.25) is 4.79 Å². The minimum absolute atomic E-state index is 0.0348. The number of carbonyl (C=O) groups is 1. The summed E-state index contributed by atoms with van der Waals surface area (Å²) in [4.78, 5) is 24.3. The number of hydrogen-bond acceptors (Lipinski definition) is 7. The number of halogens is 3. The second kappa shape index (κ2) is 10.4. The standard InChI is InChI=1S/C26H32F3N5O3/c1-2-37-22-8-3-15(9-21(22)26(27,28)29)11-30-23-20(24(36)32-18-4-6-19(35)7-5-18)12-31-25(33-23)34-13-16-10-17(16)14-34/h3,8-9,12,16-19,35H,2,4-7,10-11,13-14H2,1H3,(H,32,36)(H,30,31,33). The quantitative estimate of drug-likeness (QED) is 0.485. The monoisotopic (exact) mass is 519 g/mol. The molecule has 11 heteroatoms. The number of carbonyl (C=O) groups excluding carboxylic acids is 1. The first-order valence-corrected chi connectivity index (χ1v) is 12.9. The van der Waals surface area contributed by atoms with E-state index in [1.807, 2.05) is 0 Å². The van der Waals surface area contributed by atoms with Crippen LogP contribution in [0.1, 0.15) is 60.5 Å². The number of nitrogens with zero attached hydrogens (tertiary/aromatic N) is 3. The summed E-state index contributed by atoms with van der Waals surface area (Å²) in [7, 11) is 0. The van der Waals surface area contributed by atoms with E-state index in [0.29, 0.717) is 49.0 Å². The van der Waals surface area contributed by atoms with E-state index in [2.05, 4.69) is 25.5 Å². The highest BCUT2D eigenvalue weighted by molar-refractivity contribution is 5.98. The first-order chi connectivity index (χ1) is 17.7. The third-order valence-corrected chi connectivity index (χ3v) is 7.42. The van der Waals surface area contributed by atoms with Gasteiger partial charge in [0, 0.05) is 31.9 Å². The fourth-order valence-electron chi connectivity index (χ4n) is 5.25. The molecule has 1 aromatic heterocycles. The van der Waals surface area contributed by atoms with E-state index >= 15 is 0 Å². The van der Waals surface area contributed by atoms with Crippen molar-refractivity contribution in [2.45, 2.75) is 63.9 Å². The molecule has 37 heavy (non-hydrogen) atoms. The number of aliphatic hydroxyl groups is 1. The molecule has 2 saturated carbocycles. The average molecular weight is 520 g/mol. The van der Waals surface area contributed by atoms with Crippen molar-refractivity contribution < 1.29 is 27.8 Å². The lowest BCUT2D eigenvalue weighted by Gasteiger charge is -2.26. The Hall–Kier alpha value is -3.08. The number of nitrogens with one attached hydrogen (secondary N) is 2. The smallest absolute Gasteiger partial charge is 0.419 e. The average Bonchev–Trinajstić information content (AvgIpc) is 3.48. The van der Waals surface area contributed by atoms with Gasteiger partial charge in [0.1, 0.15) is 17.1 Å². The Morgan fingerprint density at radius 1 is 1.19 bits per heavy atom. The van der Waals surface area contributed by atoms with Crippen LogP contribution in [0.15, 0.2) is 24.4 Å². The zero-order valence-corrected chi connectivity index (χ0v) is 20.7. The molecule has 3 N–H and O–H groups in total. The van der Waals surface area contributed by atoms with Crippen molar-refractivity contribution in [2.24, 2.45) is 11.8 Å². The van der Waals surface area contributed by atoms with E-state index < -0.39 is 11.7 Å². The van der Waals surface area contributed by atoms with Crippen LogP contribution in [-0.4, -0.2) is 52.8 Å². The van der Waals surface area contributed by atoms with Crippen molar-refractivity contribution in [3.8, 4) is 5.75 Å². The van der Waals surface area contributed by atoms with Gasteiger partial charge in [-0.05, 0) is 68.6 Å². The first-order valence-electron chi connectivity index (χ1n) is 12.9. The molecule has 0 bridgehead atoms. The number of anilines is 2. The molecule has 0 spiro atoms. The molecule has 2 aromatic rings. The predicted molar refractivity (Wildman–Crippen MR) is 132 cm³/mol. The lowest BCUT2D eigenvalue weighted by Crippen LogP contribution is -2.39. The molecule has 2 heterocycles. The van der Waals surface area contributed by atoms with Crippen molar-refractivity contribution in [1.29, 1.82) is 0 Å². The number of piperidine rings is 1. The minimum atomic E-state index is -4.56. The third-order valence-electron chi connectivity index (χ3n) is 7.42. The molecule has 3 aliphatic rings. The summed E-state index contributed by atoms with van der Waals surface area (Å²) in [6, 6.07) is 3.88.